The number of benzene rings is 10. The first-order valence-electron chi connectivity index (χ1n) is 18.9. The molecule has 0 fully saturated rings. The molecule has 56 heavy (non-hydrogen) atoms. The van der Waals surface area contributed by atoms with Crippen LogP contribution in [0.25, 0.3) is 98.1 Å². The molecule has 3 nitrogen and oxygen atoms in total. The maximum atomic E-state index is 16.3. The average Bonchev–Trinajstić information content (AvgIpc) is 3.83. The molecule has 12 rings (SSSR count). The zero-order valence-corrected chi connectivity index (χ0v) is 31.0. The Bertz CT molecular complexity index is 3510. The Morgan fingerprint density at radius 2 is 0.696 bits per heavy atom. The molecule has 0 saturated carbocycles. The van der Waals surface area contributed by atoms with E-state index in [2.05, 4.69) is 127 Å². The standard InChI is InChI=1S/C52H31O3P/c53-56(34-25-27-50-45(29-34)40-15-7-9-19-48(40)54-50,35-26-28-51-46(30-35)41-16-8-10-20-49(41)55-51)33-23-21-32(22-24-33)44-31-47-38-13-2-1-11-36(38)37-12-3-5-17-42(37)52(47)43-18-6-4-14-39(43)44/h1-31H. The van der Waals surface area contributed by atoms with Gasteiger partial charge in [-0.2, -0.15) is 0 Å². The fourth-order valence-corrected chi connectivity index (χ4v) is 11.8. The Morgan fingerprint density at radius 3 is 1.25 bits per heavy atom. The Balaban J connectivity index is 1.09. The van der Waals surface area contributed by atoms with Crippen molar-refractivity contribution in [3.05, 3.63) is 188 Å². The Morgan fingerprint density at radius 1 is 0.304 bits per heavy atom. The molecule has 0 unspecified atom stereocenters. The summed E-state index contributed by atoms with van der Waals surface area (Å²) in [7, 11) is -3.43. The molecule has 0 N–H and O–H groups in total. The van der Waals surface area contributed by atoms with Crippen molar-refractivity contribution < 1.29 is 13.4 Å². The molecule has 0 radical (unpaired) electrons. The molecule has 4 heteroatoms. The molecular weight excluding hydrogens is 704 g/mol. The summed E-state index contributed by atoms with van der Waals surface area (Å²) < 4.78 is 28.7. The van der Waals surface area contributed by atoms with Gasteiger partial charge in [0, 0.05) is 37.5 Å². The van der Waals surface area contributed by atoms with Crippen molar-refractivity contribution in [1.82, 2.24) is 0 Å². The second kappa shape index (κ2) is 11.8. The summed E-state index contributed by atoms with van der Waals surface area (Å²) in [5, 5.41) is 16.1. The summed E-state index contributed by atoms with van der Waals surface area (Å²) in [5.41, 5.74) is 5.39. The van der Waals surface area contributed by atoms with E-state index in [-0.39, 0.29) is 0 Å². The first-order chi connectivity index (χ1) is 27.6. The second-order valence-corrected chi connectivity index (χ2v) is 17.5. The fraction of sp³-hybridized carbons (Fsp3) is 0. The van der Waals surface area contributed by atoms with Gasteiger partial charge in [-0.25, -0.2) is 0 Å². The molecule has 0 aliphatic carbocycles. The third-order valence-corrected chi connectivity index (χ3v) is 14.8. The molecule has 12 aromatic rings. The van der Waals surface area contributed by atoms with Crippen molar-refractivity contribution in [1.29, 1.82) is 0 Å². The van der Waals surface area contributed by atoms with Crippen LogP contribution in [0.3, 0.4) is 0 Å². The van der Waals surface area contributed by atoms with Gasteiger partial charge in [-0.05, 0) is 109 Å². The van der Waals surface area contributed by atoms with Crippen molar-refractivity contribution in [2.75, 3.05) is 0 Å². The molecule has 2 aromatic heterocycles. The lowest BCUT2D eigenvalue weighted by molar-refractivity contribution is 0.592. The predicted molar refractivity (Wildman–Crippen MR) is 236 cm³/mol. The number of hydrogen-bond acceptors (Lipinski definition) is 3. The van der Waals surface area contributed by atoms with Gasteiger partial charge in [0.05, 0.1) is 0 Å². The van der Waals surface area contributed by atoms with Gasteiger partial charge < -0.3 is 13.4 Å². The van der Waals surface area contributed by atoms with Crippen LogP contribution in [0.2, 0.25) is 0 Å². The molecule has 0 atom stereocenters. The highest BCUT2D eigenvalue weighted by Crippen LogP contribution is 2.47. The molecule has 10 aromatic carbocycles. The molecule has 0 saturated heterocycles. The number of fused-ring (bicyclic) bond motifs is 14. The topological polar surface area (TPSA) is 43.4 Å². The highest BCUT2D eigenvalue weighted by atomic mass is 31.2. The number of para-hydroxylation sites is 2. The van der Waals surface area contributed by atoms with E-state index in [9.17, 15) is 0 Å². The Kier molecular flexibility index (Phi) is 6.61. The number of rotatable bonds is 4. The van der Waals surface area contributed by atoms with E-state index in [0.29, 0.717) is 0 Å². The highest BCUT2D eigenvalue weighted by Gasteiger charge is 2.32. The van der Waals surface area contributed by atoms with E-state index in [0.717, 1.165) is 70.9 Å². The first-order valence-corrected chi connectivity index (χ1v) is 20.6. The molecule has 0 aliphatic rings. The minimum atomic E-state index is -3.43. The van der Waals surface area contributed by atoms with Gasteiger partial charge in [-0.1, -0.05) is 133 Å². The van der Waals surface area contributed by atoms with Gasteiger partial charge in [-0.15, -0.1) is 0 Å². The van der Waals surface area contributed by atoms with Gasteiger partial charge in [0.25, 0.3) is 0 Å². The minimum Gasteiger partial charge on any atom is -0.456 e. The average molecular weight is 735 g/mol. The first kappa shape index (κ1) is 31.4. The largest absolute Gasteiger partial charge is 0.456 e. The summed E-state index contributed by atoms with van der Waals surface area (Å²) in [4.78, 5) is 0. The van der Waals surface area contributed by atoms with Crippen molar-refractivity contribution in [2.45, 2.75) is 0 Å². The summed E-state index contributed by atoms with van der Waals surface area (Å²) in [6.07, 6.45) is 0. The number of furan rings is 2. The van der Waals surface area contributed by atoms with E-state index >= 15 is 4.57 Å². The molecule has 0 spiro atoms. The second-order valence-electron chi connectivity index (χ2n) is 14.7. The maximum Gasteiger partial charge on any atom is 0.171 e. The normalized spacial score (nSPS) is 12.4. The lowest BCUT2D eigenvalue weighted by Gasteiger charge is -2.21. The summed E-state index contributed by atoms with van der Waals surface area (Å²) in [5.74, 6) is 0. The van der Waals surface area contributed by atoms with Gasteiger partial charge in [0.1, 0.15) is 22.3 Å². The Hall–Kier alpha value is -6.93. The van der Waals surface area contributed by atoms with E-state index < -0.39 is 7.14 Å². The summed E-state index contributed by atoms with van der Waals surface area (Å²) in [6.45, 7) is 0. The third-order valence-electron chi connectivity index (χ3n) is 11.7. The van der Waals surface area contributed by atoms with Crippen molar-refractivity contribution in [3.8, 4) is 11.1 Å². The summed E-state index contributed by atoms with van der Waals surface area (Å²) >= 11 is 0. The van der Waals surface area contributed by atoms with Gasteiger partial charge in [0.15, 0.2) is 7.14 Å². The molecule has 0 bridgehead atoms. The monoisotopic (exact) mass is 734 g/mol. The minimum absolute atomic E-state index is 0.756. The maximum absolute atomic E-state index is 16.3. The zero-order valence-electron chi connectivity index (χ0n) is 30.1. The van der Waals surface area contributed by atoms with E-state index in [1.165, 1.54) is 43.1 Å². The van der Waals surface area contributed by atoms with Gasteiger partial charge >= 0.3 is 0 Å². The predicted octanol–water partition coefficient (Wildman–Crippen LogP) is 13.4. The lowest BCUT2D eigenvalue weighted by Crippen LogP contribution is -2.25. The SMILES string of the molecule is O=P(c1ccc(-c2cc3c4ccccc4c4ccccc4c3c3ccccc23)cc1)(c1ccc2oc3ccccc3c2c1)c1ccc2oc3ccccc3c2c1. The van der Waals surface area contributed by atoms with Crippen LogP contribution in [0.15, 0.2) is 197 Å². The van der Waals surface area contributed by atoms with Gasteiger partial charge in [0.2, 0.25) is 0 Å². The Labute approximate surface area is 321 Å². The molecule has 2 heterocycles. The molecule has 262 valence electrons. The number of hydrogen-bond donors (Lipinski definition) is 0. The van der Waals surface area contributed by atoms with Gasteiger partial charge in [-0.3, -0.25) is 0 Å². The smallest absolute Gasteiger partial charge is 0.171 e. The van der Waals surface area contributed by atoms with Crippen LogP contribution in [-0.4, -0.2) is 0 Å². The quantitative estimate of drug-likeness (QED) is 0.134. The zero-order chi connectivity index (χ0) is 37.0. The van der Waals surface area contributed by atoms with Crippen LogP contribution in [0.5, 0.6) is 0 Å². The molecule has 0 amide bonds. The van der Waals surface area contributed by atoms with E-state index in [4.69, 9.17) is 8.83 Å². The van der Waals surface area contributed by atoms with Crippen LogP contribution >= 0.6 is 7.14 Å². The lowest BCUT2D eigenvalue weighted by atomic mass is 9.87. The highest BCUT2D eigenvalue weighted by molar-refractivity contribution is 7.85. The summed E-state index contributed by atoms with van der Waals surface area (Å²) in [6, 6.07) is 65.1. The van der Waals surface area contributed by atoms with E-state index in [1.54, 1.807) is 0 Å². The molecule has 0 aliphatic heterocycles. The van der Waals surface area contributed by atoms with Crippen LogP contribution in [0.1, 0.15) is 0 Å². The van der Waals surface area contributed by atoms with Crippen LogP contribution in [-0.2, 0) is 4.57 Å². The van der Waals surface area contributed by atoms with Crippen molar-refractivity contribution in [3.63, 3.8) is 0 Å². The van der Waals surface area contributed by atoms with Crippen LogP contribution < -0.4 is 15.9 Å². The molecular formula is C52H31O3P. The van der Waals surface area contributed by atoms with Crippen LogP contribution in [0, 0.1) is 0 Å². The van der Waals surface area contributed by atoms with Crippen LogP contribution in [0.4, 0.5) is 0 Å². The van der Waals surface area contributed by atoms with Crippen molar-refractivity contribution >= 4 is 110 Å². The van der Waals surface area contributed by atoms with E-state index in [1.807, 2.05) is 60.7 Å². The van der Waals surface area contributed by atoms with Crippen molar-refractivity contribution in [2.24, 2.45) is 0 Å². The fourth-order valence-electron chi connectivity index (χ4n) is 9.12. The third kappa shape index (κ3) is 4.44.